The zero-order chi connectivity index (χ0) is 13.2. The number of nitrogens with two attached hydrogens (primary N) is 1. The van der Waals surface area contributed by atoms with Gasteiger partial charge < -0.3 is 10.6 Å². The molecule has 0 aliphatic carbocycles. The minimum absolute atomic E-state index is 0.184. The van der Waals surface area contributed by atoms with Gasteiger partial charge in [-0.1, -0.05) is 0 Å². The fourth-order valence-electron chi connectivity index (χ4n) is 2.61. The standard InChI is InChI=1S/C13H22BrN3S/c1-16-5-3-13(10-15,4-6-16)17(2)8-12-7-11(14)9-18-12/h7,9H,3-6,8,10,15H2,1-2H3. The van der Waals surface area contributed by atoms with Crippen molar-refractivity contribution in [1.82, 2.24) is 9.80 Å². The Bertz CT molecular complexity index is 385. The van der Waals surface area contributed by atoms with Crippen LogP contribution in [0.1, 0.15) is 17.7 Å². The largest absolute Gasteiger partial charge is 0.329 e. The second-order valence-corrected chi connectivity index (χ2v) is 7.23. The molecule has 102 valence electrons. The zero-order valence-corrected chi connectivity index (χ0v) is 13.6. The number of piperidine rings is 1. The average Bonchev–Trinajstić information content (AvgIpc) is 2.76. The summed E-state index contributed by atoms with van der Waals surface area (Å²) in [5.41, 5.74) is 6.26. The van der Waals surface area contributed by atoms with Crippen molar-refractivity contribution in [3.8, 4) is 0 Å². The molecule has 0 saturated carbocycles. The van der Waals surface area contributed by atoms with Gasteiger partial charge >= 0.3 is 0 Å². The molecule has 1 saturated heterocycles. The van der Waals surface area contributed by atoms with Crippen molar-refractivity contribution in [2.75, 3.05) is 33.7 Å². The topological polar surface area (TPSA) is 32.5 Å². The van der Waals surface area contributed by atoms with Crippen LogP contribution in [0.25, 0.3) is 0 Å². The highest BCUT2D eigenvalue weighted by Crippen LogP contribution is 2.29. The van der Waals surface area contributed by atoms with Gasteiger partial charge in [-0.15, -0.1) is 11.3 Å². The molecular formula is C13H22BrN3S. The number of halogens is 1. The second-order valence-electron chi connectivity index (χ2n) is 5.32. The van der Waals surface area contributed by atoms with Gasteiger partial charge in [-0.05, 0) is 62.0 Å². The van der Waals surface area contributed by atoms with Gasteiger partial charge in [0.1, 0.15) is 0 Å². The summed E-state index contributed by atoms with van der Waals surface area (Å²) in [6.45, 7) is 4.05. The first kappa shape index (κ1) is 14.5. The minimum Gasteiger partial charge on any atom is -0.329 e. The van der Waals surface area contributed by atoms with E-state index in [-0.39, 0.29) is 5.54 Å². The summed E-state index contributed by atoms with van der Waals surface area (Å²) >= 11 is 5.33. The Hall–Kier alpha value is 0.0600. The highest BCUT2D eigenvalue weighted by Gasteiger charge is 2.36. The summed E-state index contributed by atoms with van der Waals surface area (Å²) < 4.78 is 1.18. The maximum atomic E-state index is 6.08. The maximum Gasteiger partial charge on any atom is 0.0356 e. The van der Waals surface area contributed by atoms with Crippen LogP contribution in [0.4, 0.5) is 0 Å². The molecule has 3 nitrogen and oxygen atoms in total. The van der Waals surface area contributed by atoms with Gasteiger partial charge in [-0.2, -0.15) is 0 Å². The third kappa shape index (κ3) is 3.14. The molecule has 2 heterocycles. The highest BCUT2D eigenvalue weighted by molar-refractivity contribution is 9.10. The summed E-state index contributed by atoms with van der Waals surface area (Å²) in [5.74, 6) is 0. The van der Waals surface area contributed by atoms with E-state index < -0.39 is 0 Å². The summed E-state index contributed by atoms with van der Waals surface area (Å²) in [7, 11) is 4.41. The molecule has 0 aromatic carbocycles. The monoisotopic (exact) mass is 331 g/mol. The Morgan fingerprint density at radius 1 is 1.50 bits per heavy atom. The second kappa shape index (κ2) is 6.01. The first-order valence-electron chi connectivity index (χ1n) is 6.38. The molecule has 5 heteroatoms. The molecule has 0 bridgehead atoms. The first-order chi connectivity index (χ1) is 8.55. The van der Waals surface area contributed by atoms with E-state index in [2.05, 4.69) is 51.3 Å². The minimum atomic E-state index is 0.184. The summed E-state index contributed by atoms with van der Waals surface area (Å²) in [6.07, 6.45) is 2.34. The number of likely N-dealkylation sites (tertiary alicyclic amines) is 1. The Balaban J connectivity index is 2.03. The molecule has 2 rings (SSSR count). The molecule has 0 unspecified atom stereocenters. The number of likely N-dealkylation sites (N-methyl/N-ethyl adjacent to an activating group) is 1. The van der Waals surface area contributed by atoms with E-state index >= 15 is 0 Å². The van der Waals surface area contributed by atoms with Gasteiger partial charge in [0.25, 0.3) is 0 Å². The molecule has 18 heavy (non-hydrogen) atoms. The molecule has 1 aliphatic heterocycles. The van der Waals surface area contributed by atoms with Crippen molar-refractivity contribution in [3.05, 3.63) is 20.8 Å². The number of nitrogens with zero attached hydrogens (tertiary/aromatic N) is 2. The van der Waals surface area contributed by atoms with Crippen LogP contribution in [0, 0.1) is 0 Å². The lowest BCUT2D eigenvalue weighted by Crippen LogP contribution is -2.57. The number of hydrogen-bond donors (Lipinski definition) is 1. The van der Waals surface area contributed by atoms with Crippen LogP contribution in [-0.4, -0.2) is 49.1 Å². The third-order valence-electron chi connectivity index (χ3n) is 4.12. The van der Waals surface area contributed by atoms with Crippen molar-refractivity contribution in [2.24, 2.45) is 5.73 Å². The number of hydrogen-bond acceptors (Lipinski definition) is 4. The lowest BCUT2D eigenvalue weighted by atomic mass is 9.86. The fourth-order valence-corrected chi connectivity index (χ4v) is 4.12. The van der Waals surface area contributed by atoms with E-state index in [1.807, 2.05) is 11.3 Å². The molecule has 0 amide bonds. The quantitative estimate of drug-likeness (QED) is 0.919. The van der Waals surface area contributed by atoms with Gasteiger partial charge in [0.15, 0.2) is 0 Å². The Kier molecular flexibility index (Phi) is 4.83. The molecular weight excluding hydrogens is 310 g/mol. The lowest BCUT2D eigenvalue weighted by molar-refractivity contribution is 0.0492. The van der Waals surface area contributed by atoms with Gasteiger partial charge in [0, 0.05) is 33.4 Å². The van der Waals surface area contributed by atoms with Gasteiger partial charge in [-0.25, -0.2) is 0 Å². The van der Waals surface area contributed by atoms with Crippen LogP contribution in [-0.2, 0) is 6.54 Å². The SMILES string of the molecule is CN1CCC(CN)(N(C)Cc2cc(Br)cs2)CC1. The molecule has 2 N–H and O–H groups in total. The normalized spacial score (nSPS) is 20.5. The predicted octanol–water partition coefficient (Wildman–Crippen LogP) is 2.37. The van der Waals surface area contributed by atoms with Crippen LogP contribution in [0.3, 0.4) is 0 Å². The lowest BCUT2D eigenvalue weighted by Gasteiger charge is -2.46. The Morgan fingerprint density at radius 3 is 2.67 bits per heavy atom. The van der Waals surface area contributed by atoms with Crippen LogP contribution in [0.5, 0.6) is 0 Å². The summed E-state index contributed by atoms with van der Waals surface area (Å²) in [5, 5.41) is 2.15. The van der Waals surface area contributed by atoms with Crippen LogP contribution >= 0.6 is 27.3 Å². The van der Waals surface area contributed by atoms with Gasteiger partial charge in [0.05, 0.1) is 0 Å². The smallest absolute Gasteiger partial charge is 0.0356 e. The van der Waals surface area contributed by atoms with E-state index in [4.69, 9.17) is 5.73 Å². The number of rotatable bonds is 4. The molecule has 0 atom stereocenters. The van der Waals surface area contributed by atoms with E-state index in [0.717, 1.165) is 26.2 Å². The van der Waals surface area contributed by atoms with Crippen molar-refractivity contribution >= 4 is 27.3 Å². The van der Waals surface area contributed by atoms with Crippen LogP contribution < -0.4 is 5.73 Å². The summed E-state index contributed by atoms with van der Waals surface area (Å²) in [6, 6.07) is 2.21. The molecule has 1 aliphatic rings. The van der Waals surface area contributed by atoms with E-state index in [1.54, 1.807) is 0 Å². The highest BCUT2D eigenvalue weighted by atomic mass is 79.9. The van der Waals surface area contributed by atoms with Crippen molar-refractivity contribution in [1.29, 1.82) is 0 Å². The molecule has 0 spiro atoms. The molecule has 1 aromatic heterocycles. The van der Waals surface area contributed by atoms with Crippen LogP contribution in [0.2, 0.25) is 0 Å². The average molecular weight is 332 g/mol. The molecule has 1 aromatic rings. The van der Waals surface area contributed by atoms with Gasteiger partial charge in [-0.3, -0.25) is 4.90 Å². The fraction of sp³-hybridized carbons (Fsp3) is 0.692. The molecule has 1 fully saturated rings. The third-order valence-corrected chi connectivity index (χ3v) is 5.80. The number of thiophene rings is 1. The van der Waals surface area contributed by atoms with Crippen molar-refractivity contribution < 1.29 is 0 Å². The first-order valence-corrected chi connectivity index (χ1v) is 8.06. The van der Waals surface area contributed by atoms with Gasteiger partial charge in [0.2, 0.25) is 0 Å². The summed E-state index contributed by atoms with van der Waals surface area (Å²) in [4.78, 5) is 6.25. The Labute approximate surface area is 122 Å². The van der Waals surface area contributed by atoms with E-state index in [1.165, 1.54) is 22.2 Å². The van der Waals surface area contributed by atoms with Crippen LogP contribution in [0.15, 0.2) is 15.9 Å². The van der Waals surface area contributed by atoms with Crippen molar-refractivity contribution in [2.45, 2.75) is 24.9 Å². The van der Waals surface area contributed by atoms with E-state index in [0.29, 0.717) is 0 Å². The Morgan fingerprint density at radius 2 is 2.17 bits per heavy atom. The maximum absolute atomic E-state index is 6.08. The molecule has 0 radical (unpaired) electrons. The van der Waals surface area contributed by atoms with Crippen molar-refractivity contribution in [3.63, 3.8) is 0 Å². The van der Waals surface area contributed by atoms with E-state index in [9.17, 15) is 0 Å². The zero-order valence-electron chi connectivity index (χ0n) is 11.2. The predicted molar refractivity (Wildman–Crippen MR) is 82.0 cm³/mol.